The Bertz CT molecular complexity index is 1200. The van der Waals surface area contributed by atoms with Crippen molar-refractivity contribution in [3.63, 3.8) is 0 Å². The van der Waals surface area contributed by atoms with E-state index in [0.717, 1.165) is 11.3 Å². The van der Waals surface area contributed by atoms with Gasteiger partial charge in [0.15, 0.2) is 5.82 Å². The van der Waals surface area contributed by atoms with Crippen molar-refractivity contribution in [3.8, 4) is 0 Å². The van der Waals surface area contributed by atoms with Crippen LogP contribution in [-0.2, 0) is 16.4 Å². The van der Waals surface area contributed by atoms with Gasteiger partial charge in [-0.05, 0) is 50.1 Å². The van der Waals surface area contributed by atoms with Crippen molar-refractivity contribution < 1.29 is 13.2 Å². The maximum atomic E-state index is 12.9. The van der Waals surface area contributed by atoms with Crippen molar-refractivity contribution in [2.24, 2.45) is 0 Å². The molecule has 0 unspecified atom stereocenters. The first-order valence-corrected chi connectivity index (χ1v) is 10.9. The maximum Gasteiger partial charge on any atom is 0.276 e. The van der Waals surface area contributed by atoms with Crippen molar-refractivity contribution in [2.75, 3.05) is 16.2 Å². The lowest BCUT2D eigenvalue weighted by Gasteiger charge is -2.26. The van der Waals surface area contributed by atoms with Crippen molar-refractivity contribution in [3.05, 3.63) is 69.9 Å². The van der Waals surface area contributed by atoms with Crippen LogP contribution >= 0.6 is 11.6 Å². The van der Waals surface area contributed by atoms with Gasteiger partial charge in [0.25, 0.3) is 15.9 Å². The van der Waals surface area contributed by atoms with E-state index in [0.29, 0.717) is 29.1 Å². The Hall–Kier alpha value is -2.84. The van der Waals surface area contributed by atoms with Crippen LogP contribution in [0.4, 0.5) is 11.5 Å². The Morgan fingerprint density at radius 1 is 1.14 bits per heavy atom. The largest absolute Gasteiger partial charge is 0.307 e. The molecule has 150 valence electrons. The Morgan fingerprint density at radius 2 is 1.86 bits per heavy atom. The summed E-state index contributed by atoms with van der Waals surface area (Å²) in [4.78, 5) is 14.6. The summed E-state index contributed by atoms with van der Waals surface area (Å²) in [6.45, 7) is 4.05. The second kappa shape index (κ2) is 7.20. The van der Waals surface area contributed by atoms with E-state index in [2.05, 4.69) is 14.9 Å². The van der Waals surface area contributed by atoms with Crippen LogP contribution in [0.25, 0.3) is 0 Å². The quantitative estimate of drug-likeness (QED) is 0.659. The fourth-order valence-electron chi connectivity index (χ4n) is 3.36. The van der Waals surface area contributed by atoms with Gasteiger partial charge in [0.1, 0.15) is 5.69 Å². The third-order valence-electron chi connectivity index (χ3n) is 5.00. The highest BCUT2D eigenvalue weighted by Crippen LogP contribution is 2.30. The smallest absolute Gasteiger partial charge is 0.276 e. The van der Waals surface area contributed by atoms with E-state index in [1.165, 1.54) is 6.07 Å². The zero-order valence-electron chi connectivity index (χ0n) is 15.9. The molecule has 0 atom stereocenters. The van der Waals surface area contributed by atoms with Gasteiger partial charge in [-0.15, -0.1) is 0 Å². The second-order valence-electron chi connectivity index (χ2n) is 6.94. The molecule has 4 rings (SSSR count). The predicted octanol–water partition coefficient (Wildman–Crippen LogP) is 3.68. The first-order valence-electron chi connectivity index (χ1n) is 9.01. The van der Waals surface area contributed by atoms with Gasteiger partial charge in [0, 0.05) is 22.8 Å². The number of H-pyrrole nitrogens is 1. The molecule has 0 fully saturated rings. The number of rotatable bonds is 4. The number of amides is 1. The summed E-state index contributed by atoms with van der Waals surface area (Å²) in [5, 5.41) is 7.11. The minimum absolute atomic E-state index is 0.0742. The molecule has 29 heavy (non-hydrogen) atoms. The summed E-state index contributed by atoms with van der Waals surface area (Å²) in [6, 6.07) is 12.3. The summed E-state index contributed by atoms with van der Waals surface area (Å²) in [5.74, 6) is -0.108. The molecular formula is C20H19ClN4O3S. The third kappa shape index (κ3) is 3.49. The SMILES string of the molecule is Cc1ccc(N2CCc3c(NS(=O)(=O)c4cccc(Cl)c4C)n[nH]c3C2=O)cc1. The van der Waals surface area contributed by atoms with Crippen molar-refractivity contribution in [1.82, 2.24) is 10.2 Å². The molecular weight excluding hydrogens is 412 g/mol. The highest BCUT2D eigenvalue weighted by molar-refractivity contribution is 7.92. The number of nitrogens with one attached hydrogen (secondary N) is 2. The van der Waals surface area contributed by atoms with Crippen LogP contribution in [0, 0.1) is 13.8 Å². The number of nitrogens with zero attached hydrogens (tertiary/aromatic N) is 2. The number of anilines is 2. The maximum absolute atomic E-state index is 12.9. The molecule has 0 saturated heterocycles. The fraction of sp³-hybridized carbons (Fsp3) is 0.200. The summed E-state index contributed by atoms with van der Waals surface area (Å²) >= 11 is 6.06. The van der Waals surface area contributed by atoms with Gasteiger partial charge in [-0.3, -0.25) is 14.6 Å². The first kappa shape index (κ1) is 19.5. The van der Waals surface area contributed by atoms with Gasteiger partial charge in [-0.1, -0.05) is 35.4 Å². The zero-order valence-corrected chi connectivity index (χ0v) is 17.4. The summed E-state index contributed by atoms with van der Waals surface area (Å²) in [7, 11) is -3.90. The highest BCUT2D eigenvalue weighted by atomic mass is 35.5. The Balaban J connectivity index is 1.63. The normalized spacial score (nSPS) is 14.0. The molecule has 2 aromatic carbocycles. The Kier molecular flexibility index (Phi) is 4.84. The number of aromatic nitrogens is 2. The Labute approximate surface area is 173 Å². The molecule has 2 heterocycles. The third-order valence-corrected chi connectivity index (χ3v) is 6.89. The highest BCUT2D eigenvalue weighted by Gasteiger charge is 2.31. The van der Waals surface area contributed by atoms with Crippen LogP contribution in [0.3, 0.4) is 0 Å². The van der Waals surface area contributed by atoms with Gasteiger partial charge < -0.3 is 4.90 Å². The van der Waals surface area contributed by atoms with Crippen molar-refractivity contribution >= 4 is 39.0 Å². The average Bonchev–Trinajstić information content (AvgIpc) is 3.08. The fourth-order valence-corrected chi connectivity index (χ4v) is 4.90. The van der Waals surface area contributed by atoms with Crippen molar-refractivity contribution in [1.29, 1.82) is 0 Å². The minimum Gasteiger partial charge on any atom is -0.307 e. The van der Waals surface area contributed by atoms with Gasteiger partial charge >= 0.3 is 0 Å². The molecule has 1 amide bonds. The van der Waals surface area contributed by atoms with Gasteiger partial charge in [-0.25, -0.2) is 8.42 Å². The lowest BCUT2D eigenvalue weighted by atomic mass is 10.1. The molecule has 2 N–H and O–H groups in total. The van der Waals surface area contributed by atoms with E-state index < -0.39 is 10.0 Å². The molecule has 7 nitrogen and oxygen atoms in total. The number of sulfonamides is 1. The van der Waals surface area contributed by atoms with Crippen LogP contribution in [0.15, 0.2) is 47.4 Å². The monoisotopic (exact) mass is 430 g/mol. The van der Waals surface area contributed by atoms with Crippen molar-refractivity contribution in [2.45, 2.75) is 25.2 Å². The van der Waals surface area contributed by atoms with Crippen LogP contribution in [0.1, 0.15) is 27.2 Å². The van der Waals surface area contributed by atoms with E-state index in [9.17, 15) is 13.2 Å². The molecule has 0 saturated carbocycles. The molecule has 0 radical (unpaired) electrons. The number of carbonyl (C=O) groups excluding carboxylic acids is 1. The number of halogens is 1. The van der Waals surface area contributed by atoms with E-state index >= 15 is 0 Å². The summed E-state index contributed by atoms with van der Waals surface area (Å²) in [5.41, 5.74) is 3.19. The van der Waals surface area contributed by atoms with Crippen LogP contribution in [0.2, 0.25) is 5.02 Å². The minimum atomic E-state index is -3.90. The number of hydrogen-bond donors (Lipinski definition) is 2. The van der Waals surface area contributed by atoms with Gasteiger partial charge in [0.05, 0.1) is 4.90 Å². The van der Waals surface area contributed by atoms with Gasteiger partial charge in [0.2, 0.25) is 0 Å². The summed E-state index contributed by atoms with van der Waals surface area (Å²) in [6.07, 6.45) is 0.470. The number of fused-ring (bicyclic) bond motifs is 1. The average molecular weight is 431 g/mol. The van der Waals surface area contributed by atoms with E-state index in [1.54, 1.807) is 24.0 Å². The van der Waals surface area contributed by atoms with Crippen LogP contribution < -0.4 is 9.62 Å². The van der Waals surface area contributed by atoms with Crippen LogP contribution in [0.5, 0.6) is 0 Å². The molecule has 3 aromatic rings. The number of hydrogen-bond acceptors (Lipinski definition) is 4. The molecule has 0 aliphatic carbocycles. The predicted molar refractivity (Wildman–Crippen MR) is 112 cm³/mol. The van der Waals surface area contributed by atoms with Gasteiger partial charge in [-0.2, -0.15) is 5.10 Å². The lowest BCUT2D eigenvalue weighted by molar-refractivity contribution is 0.0976. The summed E-state index contributed by atoms with van der Waals surface area (Å²) < 4.78 is 28.2. The second-order valence-corrected chi connectivity index (χ2v) is 8.99. The molecule has 0 bridgehead atoms. The lowest BCUT2D eigenvalue weighted by Crippen LogP contribution is -2.37. The molecule has 1 aliphatic rings. The number of aromatic amines is 1. The first-order chi connectivity index (χ1) is 13.8. The van der Waals surface area contributed by atoms with E-state index in [4.69, 9.17) is 11.6 Å². The number of aryl methyl sites for hydroxylation is 1. The molecule has 9 heteroatoms. The molecule has 1 aliphatic heterocycles. The van der Waals surface area contributed by atoms with E-state index in [-0.39, 0.29) is 22.3 Å². The van der Waals surface area contributed by atoms with Crippen LogP contribution in [-0.4, -0.2) is 31.1 Å². The number of carbonyl (C=O) groups is 1. The standard InChI is InChI=1S/C20H19ClN4O3S/c1-12-6-8-14(9-7-12)25-11-10-15-18(20(25)26)22-23-19(15)24-29(27,28)17-5-3-4-16(21)13(17)2/h3-9H,10-11H2,1-2H3,(H2,22,23,24). The molecule has 0 spiro atoms. The number of benzene rings is 2. The van der Waals surface area contributed by atoms with E-state index in [1.807, 2.05) is 31.2 Å². The zero-order chi connectivity index (χ0) is 20.8. The Morgan fingerprint density at radius 3 is 2.59 bits per heavy atom. The topological polar surface area (TPSA) is 95.2 Å². The molecule has 1 aromatic heterocycles.